The van der Waals surface area contributed by atoms with E-state index in [2.05, 4.69) is 0 Å². The molecule has 0 aliphatic heterocycles. The molecule has 1 heterocycles. The summed E-state index contributed by atoms with van der Waals surface area (Å²) < 4.78 is 16.1. The summed E-state index contributed by atoms with van der Waals surface area (Å²) in [6.07, 6.45) is 0. The molecular formula is C25H27NO5. The van der Waals surface area contributed by atoms with Gasteiger partial charge in [-0.05, 0) is 76.6 Å². The van der Waals surface area contributed by atoms with E-state index in [1.54, 1.807) is 39.8 Å². The van der Waals surface area contributed by atoms with Gasteiger partial charge in [0.15, 0.2) is 5.60 Å². The highest BCUT2D eigenvalue weighted by Crippen LogP contribution is 2.30. The Bertz CT molecular complexity index is 1100. The highest BCUT2D eigenvalue weighted by atomic mass is 16.6. The predicted molar refractivity (Wildman–Crippen MR) is 119 cm³/mol. The number of esters is 2. The summed E-state index contributed by atoms with van der Waals surface area (Å²) in [7, 11) is 0. The minimum absolute atomic E-state index is 0.278. The maximum Gasteiger partial charge on any atom is 0.349 e. The Balaban J connectivity index is 2.00. The number of pyridine rings is 1. The van der Waals surface area contributed by atoms with E-state index in [4.69, 9.17) is 19.2 Å². The van der Waals surface area contributed by atoms with Crippen molar-refractivity contribution in [1.82, 2.24) is 4.98 Å². The first-order valence-electron chi connectivity index (χ1n) is 10.3. The van der Waals surface area contributed by atoms with Crippen molar-refractivity contribution in [2.45, 2.75) is 40.2 Å². The number of ether oxygens (including phenoxy) is 3. The molecule has 3 rings (SSSR count). The molecule has 6 nitrogen and oxygen atoms in total. The third kappa shape index (κ3) is 4.85. The average Bonchev–Trinajstić information content (AvgIpc) is 2.74. The van der Waals surface area contributed by atoms with E-state index in [0.717, 1.165) is 22.0 Å². The van der Waals surface area contributed by atoms with Crippen molar-refractivity contribution in [1.29, 1.82) is 0 Å². The Morgan fingerprint density at radius 3 is 2.29 bits per heavy atom. The van der Waals surface area contributed by atoms with Gasteiger partial charge in [-0.3, -0.25) is 0 Å². The van der Waals surface area contributed by atoms with Crippen LogP contribution in [0, 0.1) is 6.92 Å². The monoisotopic (exact) mass is 421 g/mol. The molecule has 0 fully saturated rings. The molecule has 3 aromatic rings. The maximum absolute atomic E-state index is 12.6. The second-order valence-corrected chi connectivity index (χ2v) is 7.60. The van der Waals surface area contributed by atoms with Crippen LogP contribution >= 0.6 is 0 Å². The first-order chi connectivity index (χ1) is 14.8. The van der Waals surface area contributed by atoms with Crippen LogP contribution < -0.4 is 4.74 Å². The van der Waals surface area contributed by atoms with Crippen LogP contribution in [-0.2, 0) is 14.3 Å². The summed E-state index contributed by atoms with van der Waals surface area (Å²) in [6.45, 7) is 9.39. The number of fused-ring (bicyclic) bond motifs is 1. The maximum atomic E-state index is 12.6. The van der Waals surface area contributed by atoms with Crippen molar-refractivity contribution in [2.75, 3.05) is 13.2 Å². The Morgan fingerprint density at radius 2 is 1.65 bits per heavy atom. The van der Waals surface area contributed by atoms with Crippen LogP contribution in [0.25, 0.3) is 22.2 Å². The Labute approximate surface area is 182 Å². The van der Waals surface area contributed by atoms with Crippen molar-refractivity contribution >= 4 is 22.8 Å². The fourth-order valence-corrected chi connectivity index (χ4v) is 3.25. The van der Waals surface area contributed by atoms with Crippen LogP contribution in [0.5, 0.6) is 5.75 Å². The van der Waals surface area contributed by atoms with Crippen LogP contribution in [0.2, 0.25) is 0 Å². The van der Waals surface area contributed by atoms with E-state index in [0.29, 0.717) is 17.0 Å². The molecule has 0 bridgehead atoms. The summed E-state index contributed by atoms with van der Waals surface area (Å²) >= 11 is 0. The minimum Gasteiger partial charge on any atom is -0.476 e. The highest BCUT2D eigenvalue weighted by Gasteiger charge is 2.31. The number of hydrogen-bond acceptors (Lipinski definition) is 6. The van der Waals surface area contributed by atoms with E-state index < -0.39 is 17.5 Å². The fourth-order valence-electron chi connectivity index (χ4n) is 3.25. The summed E-state index contributed by atoms with van der Waals surface area (Å²) in [6, 6.07) is 14.8. The van der Waals surface area contributed by atoms with Crippen molar-refractivity contribution in [2.24, 2.45) is 0 Å². The largest absolute Gasteiger partial charge is 0.476 e. The number of nitrogens with zero attached hydrogens (tertiary/aromatic N) is 1. The van der Waals surface area contributed by atoms with Gasteiger partial charge in [0.2, 0.25) is 0 Å². The number of hydrogen-bond donors (Lipinski definition) is 0. The molecule has 0 unspecified atom stereocenters. The van der Waals surface area contributed by atoms with Gasteiger partial charge in [0, 0.05) is 10.9 Å². The molecule has 31 heavy (non-hydrogen) atoms. The number of aryl methyl sites for hydroxylation is 1. The van der Waals surface area contributed by atoms with E-state index in [9.17, 15) is 9.59 Å². The van der Waals surface area contributed by atoms with Gasteiger partial charge in [-0.1, -0.05) is 12.1 Å². The molecule has 2 aromatic carbocycles. The average molecular weight is 421 g/mol. The van der Waals surface area contributed by atoms with Gasteiger partial charge in [0.1, 0.15) is 5.75 Å². The molecule has 0 radical (unpaired) electrons. The van der Waals surface area contributed by atoms with E-state index >= 15 is 0 Å². The Morgan fingerprint density at radius 1 is 0.968 bits per heavy atom. The Hall–Kier alpha value is -3.41. The summed E-state index contributed by atoms with van der Waals surface area (Å²) in [5.74, 6) is -0.342. The molecule has 0 saturated heterocycles. The quantitative estimate of drug-likeness (QED) is 0.494. The van der Waals surface area contributed by atoms with Crippen LogP contribution in [0.3, 0.4) is 0 Å². The molecule has 0 saturated carbocycles. The fraction of sp³-hybridized carbons (Fsp3) is 0.320. The number of carbonyl (C=O) groups is 2. The normalized spacial score (nSPS) is 11.3. The highest BCUT2D eigenvalue weighted by molar-refractivity contribution is 6.01. The van der Waals surface area contributed by atoms with Gasteiger partial charge < -0.3 is 14.2 Å². The summed E-state index contributed by atoms with van der Waals surface area (Å²) in [5, 5.41) is 0.908. The lowest BCUT2D eigenvalue weighted by atomic mass is 10.0. The van der Waals surface area contributed by atoms with E-state index in [1.165, 1.54) is 0 Å². The van der Waals surface area contributed by atoms with Crippen molar-refractivity contribution < 1.29 is 23.8 Å². The van der Waals surface area contributed by atoms with Crippen molar-refractivity contribution in [3.8, 4) is 17.0 Å². The SMILES string of the molecule is CCOC(=O)c1cc2c(C)cccc2nc1-c1ccc(OC(C)(C)C(=O)OCC)cc1. The summed E-state index contributed by atoms with van der Waals surface area (Å²) in [5.41, 5.74) is 2.40. The molecule has 0 spiro atoms. The number of carbonyl (C=O) groups excluding carboxylic acids is 2. The molecule has 0 atom stereocenters. The first kappa shape index (κ1) is 22.3. The van der Waals surface area contributed by atoms with Crippen LogP contribution in [0.15, 0.2) is 48.5 Å². The number of benzene rings is 2. The lowest BCUT2D eigenvalue weighted by molar-refractivity contribution is -0.158. The molecule has 162 valence electrons. The molecule has 0 N–H and O–H groups in total. The lowest BCUT2D eigenvalue weighted by Crippen LogP contribution is -2.39. The third-order valence-corrected chi connectivity index (χ3v) is 4.84. The predicted octanol–water partition coefficient (Wildman–Crippen LogP) is 5.11. The molecule has 0 amide bonds. The van der Waals surface area contributed by atoms with Gasteiger partial charge in [-0.2, -0.15) is 0 Å². The zero-order chi connectivity index (χ0) is 22.6. The van der Waals surface area contributed by atoms with Gasteiger partial charge in [-0.15, -0.1) is 0 Å². The zero-order valence-electron chi connectivity index (χ0n) is 18.5. The van der Waals surface area contributed by atoms with Crippen LogP contribution in [-0.4, -0.2) is 35.7 Å². The molecule has 0 aliphatic rings. The second kappa shape index (κ2) is 9.16. The van der Waals surface area contributed by atoms with Gasteiger partial charge in [-0.25, -0.2) is 14.6 Å². The van der Waals surface area contributed by atoms with Crippen molar-refractivity contribution in [3.05, 3.63) is 59.7 Å². The van der Waals surface area contributed by atoms with E-state index in [1.807, 2.05) is 43.3 Å². The first-order valence-corrected chi connectivity index (χ1v) is 10.3. The molecule has 1 aromatic heterocycles. The summed E-state index contributed by atoms with van der Waals surface area (Å²) in [4.78, 5) is 29.5. The standard InChI is InChI=1S/C25H27NO5/c1-6-29-23(27)20-15-19-16(3)9-8-10-21(19)26-22(20)17-11-13-18(14-12-17)31-25(4,5)24(28)30-7-2/h8-15H,6-7H2,1-5H3. The number of aromatic nitrogens is 1. The number of rotatable bonds is 7. The van der Waals surface area contributed by atoms with Crippen LogP contribution in [0.4, 0.5) is 0 Å². The van der Waals surface area contributed by atoms with Gasteiger partial charge in [0.25, 0.3) is 0 Å². The van der Waals surface area contributed by atoms with Crippen LogP contribution in [0.1, 0.15) is 43.6 Å². The van der Waals surface area contributed by atoms with Crippen molar-refractivity contribution in [3.63, 3.8) is 0 Å². The lowest BCUT2D eigenvalue weighted by Gasteiger charge is -2.24. The van der Waals surface area contributed by atoms with E-state index in [-0.39, 0.29) is 13.2 Å². The third-order valence-electron chi connectivity index (χ3n) is 4.84. The smallest absolute Gasteiger partial charge is 0.349 e. The molecule has 6 heteroatoms. The van der Waals surface area contributed by atoms with Gasteiger partial charge in [0.05, 0.1) is 30.0 Å². The Kier molecular flexibility index (Phi) is 6.59. The minimum atomic E-state index is -1.12. The van der Waals surface area contributed by atoms with Gasteiger partial charge >= 0.3 is 11.9 Å². The second-order valence-electron chi connectivity index (χ2n) is 7.60. The molecular weight excluding hydrogens is 394 g/mol. The zero-order valence-corrected chi connectivity index (χ0v) is 18.5. The topological polar surface area (TPSA) is 74.7 Å². The molecule has 0 aliphatic carbocycles.